The lowest BCUT2D eigenvalue weighted by molar-refractivity contribution is -0.104. The lowest BCUT2D eigenvalue weighted by Crippen LogP contribution is -2.25. The van der Waals surface area contributed by atoms with Gasteiger partial charge in [-0.25, -0.2) is 0 Å². The Morgan fingerprint density at radius 1 is 0.800 bits per heavy atom. The minimum atomic E-state index is 0.470. The average molecular weight is 283 g/mol. The van der Waals surface area contributed by atoms with E-state index in [4.69, 9.17) is 0 Å². The van der Waals surface area contributed by atoms with Gasteiger partial charge in [-0.3, -0.25) is 0 Å². The van der Waals surface area contributed by atoms with Crippen LogP contribution in [-0.2, 0) is 0 Å². The number of hydrogen-bond acceptors (Lipinski definition) is 2. The third kappa shape index (κ3) is 8.97. The molecule has 0 bridgehead atoms. The normalized spacial score (nSPS) is 19.8. The predicted molar refractivity (Wildman–Crippen MR) is 87.2 cm³/mol. The standard InChI is InChI=1S/C18H37NO/c1-2-3-4-5-6-7-8-9-10-11-12-13-15-18-16-14-17-19(18)20/h18,20H,2-17H2,1H3. The molecule has 20 heavy (non-hydrogen) atoms. The van der Waals surface area contributed by atoms with E-state index in [1.165, 1.54) is 96.3 Å². The van der Waals surface area contributed by atoms with Crippen LogP contribution in [0.5, 0.6) is 0 Å². The van der Waals surface area contributed by atoms with Crippen LogP contribution >= 0.6 is 0 Å². The van der Waals surface area contributed by atoms with Crippen molar-refractivity contribution in [2.75, 3.05) is 6.54 Å². The van der Waals surface area contributed by atoms with Gasteiger partial charge in [0, 0.05) is 12.6 Å². The molecule has 1 aliphatic heterocycles. The van der Waals surface area contributed by atoms with Gasteiger partial charge < -0.3 is 5.21 Å². The van der Waals surface area contributed by atoms with Crippen LogP contribution in [0.25, 0.3) is 0 Å². The Labute approximate surface area is 126 Å². The summed E-state index contributed by atoms with van der Waals surface area (Å²) in [6, 6.07) is 0.470. The lowest BCUT2D eigenvalue weighted by atomic mass is 10.0. The first-order valence-electron chi connectivity index (χ1n) is 9.30. The molecular formula is C18H37NO. The van der Waals surface area contributed by atoms with E-state index in [1.54, 1.807) is 5.06 Å². The summed E-state index contributed by atoms with van der Waals surface area (Å²) in [5, 5.41) is 11.2. The van der Waals surface area contributed by atoms with Crippen LogP contribution in [0.4, 0.5) is 0 Å². The zero-order chi connectivity index (χ0) is 14.5. The van der Waals surface area contributed by atoms with Crippen molar-refractivity contribution >= 4 is 0 Å². The molecule has 1 heterocycles. The van der Waals surface area contributed by atoms with E-state index in [-0.39, 0.29) is 0 Å². The minimum Gasteiger partial charge on any atom is -0.314 e. The molecule has 1 atom stereocenters. The number of nitrogens with zero attached hydrogens (tertiary/aromatic N) is 1. The first-order chi connectivity index (χ1) is 9.84. The largest absolute Gasteiger partial charge is 0.314 e. The predicted octanol–water partition coefficient (Wildman–Crippen LogP) is 5.93. The smallest absolute Gasteiger partial charge is 0.0350 e. The lowest BCUT2D eigenvalue weighted by Gasteiger charge is -2.16. The maximum atomic E-state index is 9.60. The molecule has 120 valence electrons. The zero-order valence-electron chi connectivity index (χ0n) is 13.8. The maximum absolute atomic E-state index is 9.60. The third-order valence-electron chi connectivity index (χ3n) is 4.74. The van der Waals surface area contributed by atoms with Gasteiger partial charge in [-0.2, -0.15) is 5.06 Å². The van der Waals surface area contributed by atoms with Crippen LogP contribution in [0.3, 0.4) is 0 Å². The van der Waals surface area contributed by atoms with Crippen molar-refractivity contribution in [2.24, 2.45) is 0 Å². The van der Waals surface area contributed by atoms with E-state index in [1.807, 2.05) is 0 Å². The summed E-state index contributed by atoms with van der Waals surface area (Å²) in [7, 11) is 0. The Morgan fingerprint density at radius 2 is 1.30 bits per heavy atom. The second-order valence-electron chi connectivity index (χ2n) is 6.64. The highest BCUT2D eigenvalue weighted by molar-refractivity contribution is 4.72. The molecule has 2 nitrogen and oxygen atoms in total. The fourth-order valence-corrected chi connectivity index (χ4v) is 3.33. The van der Waals surface area contributed by atoms with Gasteiger partial charge in [-0.15, -0.1) is 0 Å². The number of hydroxylamine groups is 2. The molecule has 0 amide bonds. The molecule has 2 heteroatoms. The van der Waals surface area contributed by atoms with Crippen molar-refractivity contribution in [1.82, 2.24) is 5.06 Å². The molecule has 0 saturated carbocycles. The summed E-state index contributed by atoms with van der Waals surface area (Å²) in [5.41, 5.74) is 0. The zero-order valence-corrected chi connectivity index (χ0v) is 13.8. The summed E-state index contributed by atoms with van der Waals surface area (Å²) in [4.78, 5) is 0. The summed E-state index contributed by atoms with van der Waals surface area (Å²) < 4.78 is 0. The van der Waals surface area contributed by atoms with Crippen LogP contribution < -0.4 is 0 Å². The van der Waals surface area contributed by atoms with E-state index < -0.39 is 0 Å². The highest BCUT2D eigenvalue weighted by Crippen LogP contribution is 2.20. The third-order valence-corrected chi connectivity index (χ3v) is 4.74. The van der Waals surface area contributed by atoms with E-state index in [0.717, 1.165) is 6.54 Å². The monoisotopic (exact) mass is 283 g/mol. The molecular weight excluding hydrogens is 246 g/mol. The van der Waals surface area contributed by atoms with Gasteiger partial charge in [0.05, 0.1) is 0 Å². The summed E-state index contributed by atoms with van der Waals surface area (Å²) in [6.07, 6.45) is 20.5. The molecule has 0 aromatic carbocycles. The van der Waals surface area contributed by atoms with E-state index in [2.05, 4.69) is 6.92 Å². The van der Waals surface area contributed by atoms with Gasteiger partial charge in [-0.1, -0.05) is 84.0 Å². The van der Waals surface area contributed by atoms with Gasteiger partial charge in [0.25, 0.3) is 0 Å². The number of rotatable bonds is 13. The molecule has 0 radical (unpaired) electrons. The minimum absolute atomic E-state index is 0.470. The van der Waals surface area contributed by atoms with Crippen molar-refractivity contribution in [1.29, 1.82) is 0 Å². The van der Waals surface area contributed by atoms with Gasteiger partial charge in [0.15, 0.2) is 0 Å². The first kappa shape index (κ1) is 18.0. The van der Waals surface area contributed by atoms with E-state index in [0.29, 0.717) is 6.04 Å². The SMILES string of the molecule is CCCCCCCCCCCCCCC1CCCN1O. The quantitative estimate of drug-likeness (QED) is 0.423. The molecule has 0 aliphatic carbocycles. The van der Waals surface area contributed by atoms with Gasteiger partial charge in [0.1, 0.15) is 0 Å². The van der Waals surface area contributed by atoms with E-state index in [9.17, 15) is 5.21 Å². The Kier molecular flexibility index (Phi) is 11.4. The van der Waals surface area contributed by atoms with Gasteiger partial charge in [-0.05, 0) is 19.3 Å². The molecule has 1 rings (SSSR count). The molecule has 0 aromatic rings. The molecule has 1 saturated heterocycles. The molecule has 1 aliphatic rings. The van der Waals surface area contributed by atoms with Crippen molar-refractivity contribution in [2.45, 2.75) is 109 Å². The van der Waals surface area contributed by atoms with Crippen LogP contribution in [0.1, 0.15) is 103 Å². The number of hydrogen-bond donors (Lipinski definition) is 1. The molecule has 1 unspecified atom stereocenters. The molecule has 0 aromatic heterocycles. The Bertz CT molecular complexity index is 208. The first-order valence-corrected chi connectivity index (χ1v) is 9.30. The summed E-state index contributed by atoms with van der Waals surface area (Å²) in [6.45, 7) is 3.17. The topological polar surface area (TPSA) is 23.5 Å². The highest BCUT2D eigenvalue weighted by Gasteiger charge is 2.21. The van der Waals surface area contributed by atoms with Crippen LogP contribution in [-0.4, -0.2) is 22.9 Å². The van der Waals surface area contributed by atoms with Crippen molar-refractivity contribution in [3.63, 3.8) is 0 Å². The second kappa shape index (κ2) is 12.6. The Balaban J connectivity index is 1.72. The van der Waals surface area contributed by atoms with Crippen LogP contribution in [0.2, 0.25) is 0 Å². The van der Waals surface area contributed by atoms with Gasteiger partial charge >= 0.3 is 0 Å². The highest BCUT2D eigenvalue weighted by atomic mass is 16.5. The fourth-order valence-electron chi connectivity index (χ4n) is 3.33. The Morgan fingerprint density at radius 3 is 1.75 bits per heavy atom. The second-order valence-corrected chi connectivity index (χ2v) is 6.64. The fraction of sp³-hybridized carbons (Fsp3) is 1.00. The maximum Gasteiger partial charge on any atom is 0.0350 e. The average Bonchev–Trinajstić information content (AvgIpc) is 2.85. The molecule has 1 fully saturated rings. The Hall–Kier alpha value is -0.0800. The molecule has 1 N–H and O–H groups in total. The van der Waals surface area contributed by atoms with Crippen LogP contribution in [0, 0.1) is 0 Å². The van der Waals surface area contributed by atoms with Crippen molar-refractivity contribution in [3.05, 3.63) is 0 Å². The number of unbranched alkanes of at least 4 members (excludes halogenated alkanes) is 11. The van der Waals surface area contributed by atoms with Crippen molar-refractivity contribution < 1.29 is 5.21 Å². The van der Waals surface area contributed by atoms with Crippen LogP contribution in [0.15, 0.2) is 0 Å². The van der Waals surface area contributed by atoms with Gasteiger partial charge in [0.2, 0.25) is 0 Å². The summed E-state index contributed by atoms with van der Waals surface area (Å²) >= 11 is 0. The van der Waals surface area contributed by atoms with Crippen molar-refractivity contribution in [3.8, 4) is 0 Å². The molecule has 0 spiro atoms. The summed E-state index contributed by atoms with van der Waals surface area (Å²) in [5.74, 6) is 0. The van der Waals surface area contributed by atoms with E-state index >= 15 is 0 Å².